The molecule has 0 saturated carbocycles. The minimum Gasteiger partial charge on any atom is -0.352 e. The van der Waals surface area contributed by atoms with Crippen LogP contribution in [0.25, 0.3) is 0 Å². The summed E-state index contributed by atoms with van der Waals surface area (Å²) in [5, 5.41) is 3.54. The van der Waals surface area contributed by atoms with E-state index in [1.54, 1.807) is 6.20 Å². The van der Waals surface area contributed by atoms with Crippen LogP contribution in [-0.2, 0) is 17.8 Å². The molecule has 2 aromatic rings. The van der Waals surface area contributed by atoms with Crippen LogP contribution in [0.3, 0.4) is 0 Å². The van der Waals surface area contributed by atoms with Gasteiger partial charge in [0, 0.05) is 23.5 Å². The molecule has 2 rings (SSSR count). The lowest BCUT2D eigenvalue weighted by Crippen LogP contribution is -2.24. The summed E-state index contributed by atoms with van der Waals surface area (Å²) in [6, 6.07) is 12.9. The van der Waals surface area contributed by atoms with Crippen molar-refractivity contribution in [3.63, 3.8) is 0 Å². The maximum atomic E-state index is 11.7. The van der Waals surface area contributed by atoms with E-state index in [0.29, 0.717) is 18.0 Å². The highest BCUT2D eigenvalue weighted by Gasteiger charge is 2.03. The Kier molecular flexibility index (Phi) is 4.31. The number of hydrogen-bond acceptors (Lipinski definition) is 2. The quantitative estimate of drug-likeness (QED) is 0.918. The van der Waals surface area contributed by atoms with Gasteiger partial charge in [0.25, 0.3) is 0 Å². The van der Waals surface area contributed by atoms with E-state index in [9.17, 15) is 4.79 Å². The number of halogens is 1. The molecule has 0 atom stereocenters. The van der Waals surface area contributed by atoms with Crippen molar-refractivity contribution in [2.75, 3.05) is 0 Å². The van der Waals surface area contributed by atoms with Crippen LogP contribution in [0, 0.1) is 0 Å². The first kappa shape index (κ1) is 12.6. The van der Waals surface area contributed by atoms with E-state index in [2.05, 4.69) is 10.3 Å². The molecule has 4 heteroatoms. The van der Waals surface area contributed by atoms with E-state index in [1.165, 1.54) is 0 Å². The third-order valence-electron chi connectivity index (χ3n) is 2.47. The van der Waals surface area contributed by atoms with E-state index in [4.69, 9.17) is 11.6 Å². The summed E-state index contributed by atoms with van der Waals surface area (Å²) in [6.07, 6.45) is 1.98. The third-order valence-corrected chi connectivity index (χ3v) is 2.72. The molecule has 1 aromatic carbocycles. The fourth-order valence-electron chi connectivity index (χ4n) is 1.53. The summed E-state index contributed by atoms with van der Waals surface area (Å²) < 4.78 is 0. The normalized spacial score (nSPS) is 10.1. The van der Waals surface area contributed by atoms with Gasteiger partial charge in [-0.05, 0) is 29.8 Å². The first-order valence-electron chi connectivity index (χ1n) is 5.65. The molecule has 0 aliphatic heterocycles. The number of nitrogens with zero attached hydrogens (tertiary/aromatic N) is 1. The van der Waals surface area contributed by atoms with Crippen molar-refractivity contribution in [2.24, 2.45) is 0 Å². The Morgan fingerprint density at radius 3 is 2.61 bits per heavy atom. The molecule has 0 aliphatic rings. The van der Waals surface area contributed by atoms with Crippen molar-refractivity contribution in [3.05, 3.63) is 64.9 Å². The van der Waals surface area contributed by atoms with Gasteiger partial charge >= 0.3 is 0 Å². The maximum absolute atomic E-state index is 11.7. The van der Waals surface area contributed by atoms with E-state index in [-0.39, 0.29) is 5.91 Å². The van der Waals surface area contributed by atoms with E-state index in [0.717, 1.165) is 11.3 Å². The molecule has 0 spiro atoms. The largest absolute Gasteiger partial charge is 0.352 e. The zero-order valence-electron chi connectivity index (χ0n) is 9.77. The lowest BCUT2D eigenvalue weighted by molar-refractivity contribution is -0.120. The Hall–Kier alpha value is -1.87. The van der Waals surface area contributed by atoms with Gasteiger partial charge in [-0.25, -0.2) is 0 Å². The molecule has 1 amide bonds. The molecule has 18 heavy (non-hydrogen) atoms. The first-order valence-corrected chi connectivity index (χ1v) is 6.03. The van der Waals surface area contributed by atoms with Gasteiger partial charge in [-0.3, -0.25) is 9.78 Å². The first-order chi connectivity index (χ1) is 8.74. The van der Waals surface area contributed by atoms with Gasteiger partial charge in [-0.2, -0.15) is 0 Å². The summed E-state index contributed by atoms with van der Waals surface area (Å²) in [7, 11) is 0. The van der Waals surface area contributed by atoms with Crippen LogP contribution in [0.4, 0.5) is 0 Å². The summed E-state index contributed by atoms with van der Waals surface area (Å²) in [4.78, 5) is 15.8. The van der Waals surface area contributed by atoms with Gasteiger partial charge in [0.05, 0.1) is 6.42 Å². The molecule has 1 N–H and O–H groups in total. The minimum absolute atomic E-state index is 0.0383. The number of rotatable bonds is 4. The van der Waals surface area contributed by atoms with E-state index < -0.39 is 0 Å². The van der Waals surface area contributed by atoms with Gasteiger partial charge < -0.3 is 5.32 Å². The third kappa shape index (κ3) is 3.86. The highest BCUT2D eigenvalue weighted by atomic mass is 35.5. The van der Waals surface area contributed by atoms with Crippen molar-refractivity contribution in [2.45, 2.75) is 13.0 Å². The van der Waals surface area contributed by atoms with Gasteiger partial charge in [-0.1, -0.05) is 29.8 Å². The maximum Gasteiger partial charge on any atom is 0.226 e. The number of aromatic nitrogens is 1. The van der Waals surface area contributed by atoms with Crippen LogP contribution >= 0.6 is 11.6 Å². The van der Waals surface area contributed by atoms with Crippen LogP contribution < -0.4 is 5.32 Å². The average molecular weight is 261 g/mol. The van der Waals surface area contributed by atoms with Gasteiger partial charge in [0.2, 0.25) is 5.91 Å². The van der Waals surface area contributed by atoms with Gasteiger partial charge in [-0.15, -0.1) is 0 Å². The van der Waals surface area contributed by atoms with Crippen molar-refractivity contribution >= 4 is 17.5 Å². The molecule has 1 heterocycles. The molecule has 3 nitrogen and oxygen atoms in total. The summed E-state index contributed by atoms with van der Waals surface area (Å²) >= 11 is 5.79. The second-order valence-corrected chi connectivity index (χ2v) is 4.34. The van der Waals surface area contributed by atoms with Crippen LogP contribution in [0.2, 0.25) is 5.02 Å². The smallest absolute Gasteiger partial charge is 0.226 e. The Balaban J connectivity index is 1.83. The average Bonchev–Trinajstić information content (AvgIpc) is 2.39. The Morgan fingerprint density at radius 2 is 1.94 bits per heavy atom. The lowest BCUT2D eigenvalue weighted by Gasteiger charge is -2.05. The molecular weight excluding hydrogens is 248 g/mol. The Morgan fingerprint density at radius 1 is 1.17 bits per heavy atom. The molecule has 0 aliphatic carbocycles. The highest BCUT2D eigenvalue weighted by molar-refractivity contribution is 6.30. The van der Waals surface area contributed by atoms with E-state index in [1.807, 2.05) is 42.5 Å². The number of carbonyl (C=O) groups is 1. The molecule has 1 aromatic heterocycles. The van der Waals surface area contributed by atoms with Gasteiger partial charge in [0.15, 0.2) is 0 Å². The van der Waals surface area contributed by atoms with Gasteiger partial charge in [0.1, 0.15) is 0 Å². The molecular formula is C14H13ClN2O. The predicted octanol–water partition coefficient (Wildman–Crippen LogP) is 2.59. The number of benzene rings is 1. The number of carbonyl (C=O) groups excluding carboxylic acids is 1. The number of pyridine rings is 1. The standard InChI is InChI=1S/C14H13ClN2O/c15-12-6-4-11(5-7-12)10-17-14(18)9-13-3-1-2-8-16-13/h1-8H,9-10H2,(H,17,18). The molecule has 0 radical (unpaired) electrons. The second kappa shape index (κ2) is 6.17. The summed E-state index contributed by atoms with van der Waals surface area (Å²) in [5.74, 6) is -0.0383. The molecule has 92 valence electrons. The van der Waals surface area contributed by atoms with Crippen LogP contribution in [0.15, 0.2) is 48.7 Å². The monoisotopic (exact) mass is 260 g/mol. The van der Waals surface area contributed by atoms with Crippen molar-refractivity contribution in [1.82, 2.24) is 10.3 Å². The molecule has 0 unspecified atom stereocenters. The second-order valence-electron chi connectivity index (χ2n) is 3.90. The van der Waals surface area contributed by atoms with E-state index >= 15 is 0 Å². The minimum atomic E-state index is -0.0383. The summed E-state index contributed by atoms with van der Waals surface area (Å²) in [5.41, 5.74) is 1.79. The molecule has 0 bridgehead atoms. The van der Waals surface area contributed by atoms with Crippen LogP contribution in [0.1, 0.15) is 11.3 Å². The summed E-state index contributed by atoms with van der Waals surface area (Å²) in [6.45, 7) is 0.503. The molecule has 0 fully saturated rings. The fourth-order valence-corrected chi connectivity index (χ4v) is 1.66. The fraction of sp³-hybridized carbons (Fsp3) is 0.143. The Bertz CT molecular complexity index is 511. The van der Waals surface area contributed by atoms with Crippen LogP contribution in [0.5, 0.6) is 0 Å². The number of amides is 1. The SMILES string of the molecule is O=C(Cc1ccccn1)NCc1ccc(Cl)cc1. The van der Waals surface area contributed by atoms with Crippen LogP contribution in [-0.4, -0.2) is 10.9 Å². The predicted molar refractivity (Wildman–Crippen MR) is 71.2 cm³/mol. The van der Waals surface area contributed by atoms with Crippen molar-refractivity contribution in [3.8, 4) is 0 Å². The number of nitrogens with one attached hydrogen (secondary N) is 1. The highest BCUT2D eigenvalue weighted by Crippen LogP contribution is 2.09. The van der Waals surface area contributed by atoms with Crippen molar-refractivity contribution < 1.29 is 4.79 Å². The Labute approximate surface area is 111 Å². The topological polar surface area (TPSA) is 42.0 Å². The zero-order valence-corrected chi connectivity index (χ0v) is 10.5. The zero-order chi connectivity index (χ0) is 12.8. The lowest BCUT2D eigenvalue weighted by atomic mass is 10.2. The van der Waals surface area contributed by atoms with Crippen molar-refractivity contribution in [1.29, 1.82) is 0 Å². The molecule has 0 saturated heterocycles. The number of hydrogen-bond donors (Lipinski definition) is 1.